The van der Waals surface area contributed by atoms with E-state index in [1.54, 1.807) is 0 Å². The van der Waals surface area contributed by atoms with E-state index in [1.165, 1.54) is 25.9 Å². The summed E-state index contributed by atoms with van der Waals surface area (Å²) in [4.78, 5) is 2.57. The monoisotopic (exact) mass is 328 g/mol. The third kappa shape index (κ3) is 4.85. The van der Waals surface area contributed by atoms with Gasteiger partial charge in [-0.05, 0) is 63.0 Å². The molecule has 118 valence electrons. The van der Waals surface area contributed by atoms with Gasteiger partial charge in [0, 0.05) is 6.04 Å². The summed E-state index contributed by atoms with van der Waals surface area (Å²) in [6.45, 7) is 8.99. The lowest BCUT2D eigenvalue weighted by Crippen LogP contribution is -2.35. The number of likely N-dealkylation sites (tertiary alicyclic amines) is 1. The summed E-state index contributed by atoms with van der Waals surface area (Å²) < 4.78 is 0. The second-order valence-corrected chi connectivity index (χ2v) is 6.85. The molecule has 1 aliphatic heterocycles. The molecule has 1 fully saturated rings. The molecule has 0 spiro atoms. The molecule has 1 aromatic rings. The number of nitrogens with one attached hydrogen (secondary N) is 1. The zero-order valence-electron chi connectivity index (χ0n) is 13.0. The van der Waals surface area contributed by atoms with Gasteiger partial charge in [0.1, 0.15) is 0 Å². The Labute approximate surface area is 138 Å². The lowest BCUT2D eigenvalue weighted by atomic mass is 9.98. The second kappa shape index (κ2) is 8.38. The smallest absolute Gasteiger partial charge is 0.0640 e. The van der Waals surface area contributed by atoms with Gasteiger partial charge in [0.15, 0.2) is 0 Å². The van der Waals surface area contributed by atoms with Crippen molar-refractivity contribution in [3.8, 4) is 0 Å². The number of rotatable bonds is 6. The van der Waals surface area contributed by atoms with E-state index >= 15 is 0 Å². The SMILES string of the molecule is CCNC(CCN1CCC(C)CC1)c1cccc(Cl)c1Cl. The summed E-state index contributed by atoms with van der Waals surface area (Å²) in [6, 6.07) is 6.19. The van der Waals surface area contributed by atoms with Gasteiger partial charge in [-0.2, -0.15) is 0 Å². The first-order chi connectivity index (χ1) is 10.1. The molecule has 0 amide bonds. The second-order valence-electron chi connectivity index (χ2n) is 6.07. The van der Waals surface area contributed by atoms with E-state index in [0.717, 1.165) is 31.0 Å². The molecule has 1 aromatic carbocycles. The lowest BCUT2D eigenvalue weighted by Gasteiger charge is -2.31. The van der Waals surface area contributed by atoms with E-state index in [-0.39, 0.29) is 6.04 Å². The number of benzene rings is 1. The average molecular weight is 329 g/mol. The standard InChI is InChI=1S/C17H26Cl2N2/c1-3-20-16(14-5-4-6-15(18)17(14)19)9-12-21-10-7-13(2)8-11-21/h4-6,13,16,20H,3,7-12H2,1-2H3. The van der Waals surface area contributed by atoms with Crippen molar-refractivity contribution in [3.63, 3.8) is 0 Å². The molecule has 0 saturated carbocycles. The first-order valence-corrected chi connectivity index (χ1v) is 8.77. The summed E-state index contributed by atoms with van der Waals surface area (Å²) in [6.07, 6.45) is 3.72. The minimum atomic E-state index is 0.278. The molecule has 1 saturated heterocycles. The fraction of sp³-hybridized carbons (Fsp3) is 0.647. The summed E-state index contributed by atoms with van der Waals surface area (Å²) in [7, 11) is 0. The Bertz CT molecular complexity index is 442. The quantitative estimate of drug-likeness (QED) is 0.809. The Morgan fingerprint density at radius 3 is 2.67 bits per heavy atom. The number of nitrogens with zero attached hydrogens (tertiary/aromatic N) is 1. The van der Waals surface area contributed by atoms with Gasteiger partial charge < -0.3 is 10.2 Å². The van der Waals surface area contributed by atoms with Gasteiger partial charge in [-0.15, -0.1) is 0 Å². The van der Waals surface area contributed by atoms with Gasteiger partial charge in [0.05, 0.1) is 10.0 Å². The van der Waals surface area contributed by atoms with E-state index in [1.807, 2.05) is 12.1 Å². The highest BCUT2D eigenvalue weighted by Crippen LogP contribution is 2.31. The Hall–Kier alpha value is -0.280. The third-order valence-electron chi connectivity index (χ3n) is 4.42. The first kappa shape index (κ1) is 17.1. The fourth-order valence-electron chi connectivity index (χ4n) is 3.00. The first-order valence-electron chi connectivity index (χ1n) is 8.01. The van der Waals surface area contributed by atoms with Crippen molar-refractivity contribution in [2.75, 3.05) is 26.2 Å². The van der Waals surface area contributed by atoms with Crippen molar-refractivity contribution < 1.29 is 0 Å². The fourth-order valence-corrected chi connectivity index (χ4v) is 3.44. The summed E-state index contributed by atoms with van der Waals surface area (Å²) in [5.74, 6) is 0.883. The van der Waals surface area contributed by atoms with Crippen LogP contribution in [0.3, 0.4) is 0 Å². The molecule has 0 radical (unpaired) electrons. The molecule has 1 heterocycles. The molecule has 0 aliphatic carbocycles. The van der Waals surface area contributed by atoms with Crippen LogP contribution >= 0.6 is 23.2 Å². The number of piperidine rings is 1. The Kier molecular flexibility index (Phi) is 6.81. The van der Waals surface area contributed by atoms with Crippen molar-refractivity contribution in [1.29, 1.82) is 0 Å². The highest BCUT2D eigenvalue weighted by Gasteiger charge is 2.19. The number of hydrogen-bond donors (Lipinski definition) is 1. The van der Waals surface area contributed by atoms with Crippen LogP contribution in [0.15, 0.2) is 18.2 Å². The van der Waals surface area contributed by atoms with Crippen molar-refractivity contribution in [2.45, 2.75) is 39.2 Å². The predicted octanol–water partition coefficient (Wildman–Crippen LogP) is 4.77. The molecule has 0 aromatic heterocycles. The van der Waals surface area contributed by atoms with Gasteiger partial charge in [-0.3, -0.25) is 0 Å². The van der Waals surface area contributed by atoms with E-state index in [0.29, 0.717) is 10.0 Å². The summed E-state index contributed by atoms with van der Waals surface area (Å²) >= 11 is 12.5. The maximum atomic E-state index is 6.38. The van der Waals surface area contributed by atoms with E-state index in [4.69, 9.17) is 23.2 Å². The van der Waals surface area contributed by atoms with Crippen molar-refractivity contribution in [3.05, 3.63) is 33.8 Å². The lowest BCUT2D eigenvalue weighted by molar-refractivity contribution is 0.184. The van der Waals surface area contributed by atoms with Gasteiger partial charge in [0.2, 0.25) is 0 Å². The van der Waals surface area contributed by atoms with Crippen LogP contribution in [0.25, 0.3) is 0 Å². The molecular weight excluding hydrogens is 303 g/mol. The average Bonchev–Trinajstić information content (AvgIpc) is 2.48. The molecule has 1 N–H and O–H groups in total. The Morgan fingerprint density at radius 2 is 2.00 bits per heavy atom. The highest BCUT2D eigenvalue weighted by molar-refractivity contribution is 6.42. The van der Waals surface area contributed by atoms with Crippen LogP contribution in [-0.2, 0) is 0 Å². The van der Waals surface area contributed by atoms with Crippen LogP contribution in [-0.4, -0.2) is 31.1 Å². The van der Waals surface area contributed by atoms with E-state index < -0.39 is 0 Å². The molecule has 1 aliphatic rings. The van der Waals surface area contributed by atoms with Crippen LogP contribution in [0.4, 0.5) is 0 Å². The van der Waals surface area contributed by atoms with Crippen LogP contribution in [0.5, 0.6) is 0 Å². The largest absolute Gasteiger partial charge is 0.310 e. The number of halogens is 2. The maximum absolute atomic E-state index is 6.38. The van der Waals surface area contributed by atoms with Crippen molar-refractivity contribution >= 4 is 23.2 Å². The zero-order valence-corrected chi connectivity index (χ0v) is 14.6. The number of hydrogen-bond acceptors (Lipinski definition) is 2. The topological polar surface area (TPSA) is 15.3 Å². The minimum absolute atomic E-state index is 0.278. The maximum Gasteiger partial charge on any atom is 0.0640 e. The normalized spacial score (nSPS) is 18.9. The molecular formula is C17H26Cl2N2. The molecule has 2 rings (SSSR count). The van der Waals surface area contributed by atoms with Gasteiger partial charge >= 0.3 is 0 Å². The van der Waals surface area contributed by atoms with Gasteiger partial charge in [-0.25, -0.2) is 0 Å². The predicted molar refractivity (Wildman–Crippen MR) is 92.3 cm³/mol. The van der Waals surface area contributed by atoms with Gasteiger partial charge in [0.25, 0.3) is 0 Å². The molecule has 21 heavy (non-hydrogen) atoms. The van der Waals surface area contributed by atoms with E-state index in [9.17, 15) is 0 Å². The van der Waals surface area contributed by atoms with Gasteiger partial charge in [-0.1, -0.05) is 49.2 Å². The summed E-state index contributed by atoms with van der Waals surface area (Å²) in [5, 5.41) is 4.88. The van der Waals surface area contributed by atoms with Crippen molar-refractivity contribution in [2.24, 2.45) is 5.92 Å². The Balaban J connectivity index is 1.97. The molecule has 1 unspecified atom stereocenters. The summed E-state index contributed by atoms with van der Waals surface area (Å²) in [5.41, 5.74) is 1.12. The molecule has 0 bridgehead atoms. The van der Waals surface area contributed by atoms with Crippen LogP contribution in [0, 0.1) is 5.92 Å². The zero-order chi connectivity index (χ0) is 15.2. The minimum Gasteiger partial charge on any atom is -0.310 e. The van der Waals surface area contributed by atoms with Crippen LogP contribution < -0.4 is 5.32 Å². The molecule has 2 nitrogen and oxygen atoms in total. The third-order valence-corrected chi connectivity index (χ3v) is 5.25. The molecule has 1 atom stereocenters. The van der Waals surface area contributed by atoms with Crippen LogP contribution in [0.1, 0.15) is 44.7 Å². The van der Waals surface area contributed by atoms with E-state index in [2.05, 4.69) is 30.1 Å². The molecule has 4 heteroatoms. The Morgan fingerprint density at radius 1 is 1.29 bits per heavy atom. The van der Waals surface area contributed by atoms with Crippen molar-refractivity contribution in [1.82, 2.24) is 10.2 Å². The highest BCUT2D eigenvalue weighted by atomic mass is 35.5. The van der Waals surface area contributed by atoms with Crippen LogP contribution in [0.2, 0.25) is 10.0 Å².